The zero-order chi connectivity index (χ0) is 20.5. The number of rotatable bonds is 4. The average molecular weight is 403 g/mol. The molecule has 0 aliphatic carbocycles. The molecule has 0 radical (unpaired) electrons. The summed E-state index contributed by atoms with van der Waals surface area (Å²) < 4.78 is 7.76. The number of nitrogens with zero attached hydrogens (tertiary/aromatic N) is 4. The van der Waals surface area contributed by atoms with Crippen LogP contribution in [0.2, 0.25) is 5.02 Å². The molecule has 0 fully saturated rings. The third-order valence-electron chi connectivity index (χ3n) is 4.97. The van der Waals surface area contributed by atoms with Crippen molar-refractivity contribution in [1.29, 1.82) is 5.26 Å². The van der Waals surface area contributed by atoms with Gasteiger partial charge in [0.25, 0.3) is 0 Å². The lowest BCUT2D eigenvalue weighted by Crippen LogP contribution is -2.03. The fourth-order valence-corrected chi connectivity index (χ4v) is 3.62. The van der Waals surface area contributed by atoms with Crippen LogP contribution in [0.15, 0.2) is 48.5 Å². The lowest BCUT2D eigenvalue weighted by molar-refractivity contribution is 0.294. The summed E-state index contributed by atoms with van der Waals surface area (Å²) >= 11 is 6.32. The first-order valence-electron chi connectivity index (χ1n) is 9.23. The van der Waals surface area contributed by atoms with Crippen molar-refractivity contribution < 1.29 is 4.74 Å². The topological polar surface area (TPSA) is 63.7 Å². The number of pyridine rings is 1. The average Bonchev–Trinajstić information content (AvgIpc) is 3.05. The summed E-state index contributed by atoms with van der Waals surface area (Å²) in [5.74, 6) is 0.489. The molecule has 2 aromatic heterocycles. The maximum atomic E-state index is 9.27. The van der Waals surface area contributed by atoms with Gasteiger partial charge in [-0.1, -0.05) is 35.9 Å². The van der Waals surface area contributed by atoms with Gasteiger partial charge in [0.05, 0.1) is 23.0 Å². The Morgan fingerprint density at radius 1 is 1.10 bits per heavy atom. The van der Waals surface area contributed by atoms with E-state index >= 15 is 0 Å². The lowest BCUT2D eigenvalue weighted by atomic mass is 10.1. The van der Waals surface area contributed by atoms with Crippen LogP contribution < -0.4 is 4.74 Å². The molecule has 4 aromatic rings. The zero-order valence-corrected chi connectivity index (χ0v) is 17.2. The molecule has 0 aliphatic rings. The predicted molar refractivity (Wildman–Crippen MR) is 114 cm³/mol. The Labute approximate surface area is 174 Å². The Balaban J connectivity index is 1.78. The fraction of sp³-hybridized carbons (Fsp3) is 0.174. The molecule has 0 bridgehead atoms. The van der Waals surface area contributed by atoms with Crippen molar-refractivity contribution in [3.8, 4) is 17.6 Å². The second-order valence-corrected chi connectivity index (χ2v) is 7.32. The molecule has 4 rings (SSSR count). The smallest absolute Gasteiger partial charge is 0.215 e. The van der Waals surface area contributed by atoms with Gasteiger partial charge < -0.3 is 4.74 Å². The van der Waals surface area contributed by atoms with E-state index in [2.05, 4.69) is 6.07 Å². The summed E-state index contributed by atoms with van der Waals surface area (Å²) in [7, 11) is 0. The minimum Gasteiger partial charge on any atom is -0.473 e. The summed E-state index contributed by atoms with van der Waals surface area (Å²) in [6.07, 6.45) is 0. The molecule has 0 unspecified atom stereocenters. The van der Waals surface area contributed by atoms with Gasteiger partial charge in [-0.25, -0.2) is 4.68 Å². The van der Waals surface area contributed by atoms with Crippen molar-refractivity contribution in [1.82, 2.24) is 14.8 Å². The van der Waals surface area contributed by atoms with Crippen molar-refractivity contribution in [3.63, 3.8) is 0 Å². The van der Waals surface area contributed by atoms with Gasteiger partial charge in [-0.15, -0.1) is 0 Å². The zero-order valence-electron chi connectivity index (χ0n) is 16.4. The van der Waals surface area contributed by atoms with Crippen molar-refractivity contribution in [3.05, 3.63) is 81.5 Å². The van der Waals surface area contributed by atoms with Crippen LogP contribution in [0.1, 0.15) is 27.9 Å². The third kappa shape index (κ3) is 3.43. The molecule has 0 saturated carbocycles. The number of hydrogen-bond donors (Lipinski definition) is 0. The standard InChI is InChI=1S/C23H19ClN4O/c1-14-11-21(29-13-18-8-5-4-7-17(18)12-25)26-23-22(14)16(3)27-28(23)20-10-6-9-19(24)15(20)2/h4-11H,13H2,1-3H3. The number of aromatic nitrogens is 3. The SMILES string of the molecule is Cc1c(Cl)cccc1-n1nc(C)c2c(C)cc(OCc3ccccc3C#N)nc21. The van der Waals surface area contributed by atoms with Gasteiger partial charge in [-0.3, -0.25) is 0 Å². The van der Waals surface area contributed by atoms with E-state index in [9.17, 15) is 5.26 Å². The van der Waals surface area contributed by atoms with Gasteiger partial charge in [0, 0.05) is 22.0 Å². The molecule has 2 heterocycles. The number of aryl methyl sites for hydroxylation is 2. The number of ether oxygens (including phenoxy) is 1. The van der Waals surface area contributed by atoms with Gasteiger partial charge in [-0.05, 0) is 50.1 Å². The van der Waals surface area contributed by atoms with Crippen molar-refractivity contribution in [2.75, 3.05) is 0 Å². The van der Waals surface area contributed by atoms with Gasteiger partial charge in [0.1, 0.15) is 6.61 Å². The summed E-state index contributed by atoms with van der Waals surface area (Å²) in [4.78, 5) is 4.73. The van der Waals surface area contributed by atoms with Gasteiger partial charge in [0.15, 0.2) is 5.65 Å². The Hall–Kier alpha value is -3.36. The quantitative estimate of drug-likeness (QED) is 0.455. The normalized spacial score (nSPS) is 10.9. The third-order valence-corrected chi connectivity index (χ3v) is 5.38. The first kappa shape index (κ1) is 19.0. The molecule has 0 spiro atoms. The van der Waals surface area contributed by atoms with Crippen LogP contribution in [0.5, 0.6) is 5.88 Å². The van der Waals surface area contributed by atoms with E-state index in [4.69, 9.17) is 26.4 Å². The molecule has 0 amide bonds. The molecular weight excluding hydrogens is 384 g/mol. The van der Waals surface area contributed by atoms with E-state index in [0.29, 0.717) is 16.5 Å². The van der Waals surface area contributed by atoms with Gasteiger partial charge >= 0.3 is 0 Å². The second-order valence-electron chi connectivity index (χ2n) is 6.91. The second kappa shape index (κ2) is 7.57. The molecule has 0 saturated heterocycles. The highest BCUT2D eigenvalue weighted by atomic mass is 35.5. The van der Waals surface area contributed by atoms with E-state index in [1.165, 1.54) is 0 Å². The summed E-state index contributed by atoms with van der Waals surface area (Å²) in [6.45, 7) is 6.22. The molecule has 0 aliphatic heterocycles. The molecule has 6 heteroatoms. The van der Waals surface area contributed by atoms with Crippen molar-refractivity contribution >= 4 is 22.6 Å². The predicted octanol–water partition coefficient (Wildman–Crippen LogP) is 5.45. The van der Waals surface area contributed by atoms with Crippen LogP contribution in [0.25, 0.3) is 16.7 Å². The molecule has 0 atom stereocenters. The highest BCUT2D eigenvalue weighted by Crippen LogP contribution is 2.29. The van der Waals surface area contributed by atoms with E-state index < -0.39 is 0 Å². The highest BCUT2D eigenvalue weighted by molar-refractivity contribution is 6.31. The first-order chi connectivity index (χ1) is 14.0. The van der Waals surface area contributed by atoms with Crippen LogP contribution in [0, 0.1) is 32.1 Å². The number of halogens is 1. The molecule has 5 nitrogen and oxygen atoms in total. The Bertz CT molecular complexity index is 1270. The van der Waals surface area contributed by atoms with Crippen molar-refractivity contribution in [2.24, 2.45) is 0 Å². The van der Waals surface area contributed by atoms with E-state index in [1.54, 1.807) is 6.07 Å². The molecule has 0 N–H and O–H groups in total. The molecule has 144 valence electrons. The van der Waals surface area contributed by atoms with E-state index in [0.717, 1.165) is 39.1 Å². The van der Waals surface area contributed by atoms with Crippen LogP contribution >= 0.6 is 11.6 Å². The number of benzene rings is 2. The molecule has 29 heavy (non-hydrogen) atoms. The van der Waals surface area contributed by atoms with Crippen LogP contribution in [0.4, 0.5) is 0 Å². The Morgan fingerprint density at radius 3 is 2.69 bits per heavy atom. The van der Waals surface area contributed by atoms with E-state index in [1.807, 2.05) is 67.9 Å². The molecular formula is C23H19ClN4O. The molecule has 2 aromatic carbocycles. The maximum Gasteiger partial charge on any atom is 0.215 e. The first-order valence-corrected chi connectivity index (χ1v) is 9.60. The maximum absolute atomic E-state index is 9.27. The summed E-state index contributed by atoms with van der Waals surface area (Å²) in [5.41, 5.74) is 5.89. The van der Waals surface area contributed by atoms with Gasteiger partial charge in [0.2, 0.25) is 5.88 Å². The fourth-order valence-electron chi connectivity index (χ4n) is 3.45. The van der Waals surface area contributed by atoms with Crippen LogP contribution in [-0.2, 0) is 6.61 Å². The minimum atomic E-state index is 0.269. The van der Waals surface area contributed by atoms with E-state index in [-0.39, 0.29) is 6.61 Å². The minimum absolute atomic E-state index is 0.269. The Morgan fingerprint density at radius 2 is 1.90 bits per heavy atom. The van der Waals surface area contributed by atoms with Crippen LogP contribution in [0.3, 0.4) is 0 Å². The largest absolute Gasteiger partial charge is 0.473 e. The van der Waals surface area contributed by atoms with Crippen LogP contribution in [-0.4, -0.2) is 14.8 Å². The summed E-state index contributed by atoms with van der Waals surface area (Å²) in [5, 5.41) is 15.7. The monoisotopic (exact) mass is 402 g/mol. The number of nitriles is 1. The number of fused-ring (bicyclic) bond motifs is 1. The van der Waals surface area contributed by atoms with Gasteiger partial charge in [-0.2, -0.15) is 15.3 Å². The number of hydrogen-bond acceptors (Lipinski definition) is 4. The lowest BCUT2D eigenvalue weighted by Gasteiger charge is -2.11. The summed E-state index contributed by atoms with van der Waals surface area (Å²) in [6, 6.07) is 17.2. The van der Waals surface area contributed by atoms with Crippen molar-refractivity contribution in [2.45, 2.75) is 27.4 Å². The highest BCUT2D eigenvalue weighted by Gasteiger charge is 2.17. The Kier molecular flexibility index (Phi) is 4.96.